The summed E-state index contributed by atoms with van der Waals surface area (Å²) >= 11 is 0. The highest BCUT2D eigenvalue weighted by Gasteiger charge is 2.28. The molecule has 0 aromatic heterocycles. The highest BCUT2D eigenvalue weighted by atomic mass is 16.5. The van der Waals surface area contributed by atoms with Crippen molar-refractivity contribution >= 4 is 0 Å². The van der Waals surface area contributed by atoms with E-state index in [0.717, 1.165) is 19.8 Å². The summed E-state index contributed by atoms with van der Waals surface area (Å²) in [6.07, 6.45) is 4.87. The number of hydrogen-bond donors (Lipinski definition) is 1. The van der Waals surface area contributed by atoms with E-state index >= 15 is 0 Å². The molecule has 0 aliphatic carbocycles. The van der Waals surface area contributed by atoms with Crippen LogP contribution in [0.3, 0.4) is 0 Å². The lowest BCUT2D eigenvalue weighted by atomic mass is 9.91. The van der Waals surface area contributed by atoms with E-state index in [2.05, 4.69) is 25.8 Å². The summed E-state index contributed by atoms with van der Waals surface area (Å²) < 4.78 is 5.58. The molecule has 0 saturated carbocycles. The molecule has 1 aliphatic heterocycles. The molecule has 1 saturated heterocycles. The van der Waals surface area contributed by atoms with E-state index in [1.165, 1.54) is 25.7 Å². The summed E-state index contributed by atoms with van der Waals surface area (Å²) in [6.45, 7) is 7.10. The minimum absolute atomic E-state index is 0.491. The van der Waals surface area contributed by atoms with Crippen LogP contribution in [0.15, 0.2) is 0 Å². The summed E-state index contributed by atoms with van der Waals surface area (Å²) in [5.41, 5.74) is 5.95. The van der Waals surface area contributed by atoms with Gasteiger partial charge < -0.3 is 10.5 Å². The summed E-state index contributed by atoms with van der Waals surface area (Å²) in [5, 5.41) is 0. The van der Waals surface area contributed by atoms with E-state index in [1.807, 2.05) is 0 Å². The second-order valence-corrected chi connectivity index (χ2v) is 4.92. The van der Waals surface area contributed by atoms with Gasteiger partial charge >= 0.3 is 0 Å². The van der Waals surface area contributed by atoms with E-state index in [9.17, 15) is 0 Å². The van der Waals surface area contributed by atoms with Gasteiger partial charge in [-0.25, -0.2) is 0 Å². The third kappa shape index (κ3) is 3.44. The smallest absolute Gasteiger partial charge is 0.0509 e. The van der Waals surface area contributed by atoms with Crippen molar-refractivity contribution in [2.75, 3.05) is 26.8 Å². The highest BCUT2D eigenvalue weighted by Crippen LogP contribution is 2.23. The molecule has 3 nitrogen and oxygen atoms in total. The molecule has 1 heterocycles. The lowest BCUT2D eigenvalue weighted by Crippen LogP contribution is -2.50. The van der Waals surface area contributed by atoms with Crippen LogP contribution >= 0.6 is 0 Å². The first-order valence-corrected chi connectivity index (χ1v) is 6.74. The molecular weight excluding hydrogens is 200 g/mol. The molecular formula is C13H28N2O. The standard InChI is InChI=1S/C13H28N2O/c1-4-12(5-2)15(3)13(9-14)11-7-6-8-16-10-11/h11-13H,4-10,14H2,1-3H3. The van der Waals surface area contributed by atoms with Crippen LogP contribution in [0.1, 0.15) is 39.5 Å². The fourth-order valence-electron chi connectivity index (χ4n) is 2.90. The van der Waals surface area contributed by atoms with Gasteiger partial charge in [0.15, 0.2) is 0 Å². The second-order valence-electron chi connectivity index (χ2n) is 4.92. The first-order valence-electron chi connectivity index (χ1n) is 6.74. The molecule has 0 aromatic carbocycles. The van der Waals surface area contributed by atoms with Gasteiger partial charge in [-0.3, -0.25) is 4.90 Å². The molecule has 0 aromatic rings. The molecule has 1 rings (SSSR count). The monoisotopic (exact) mass is 228 g/mol. The maximum absolute atomic E-state index is 5.95. The van der Waals surface area contributed by atoms with Gasteiger partial charge in [0.2, 0.25) is 0 Å². The third-order valence-corrected chi connectivity index (χ3v) is 4.02. The molecule has 96 valence electrons. The Morgan fingerprint density at radius 3 is 2.50 bits per heavy atom. The summed E-state index contributed by atoms with van der Waals surface area (Å²) in [4.78, 5) is 2.49. The lowest BCUT2D eigenvalue weighted by molar-refractivity contribution is 0.00637. The summed E-state index contributed by atoms with van der Waals surface area (Å²) in [7, 11) is 2.23. The number of rotatable bonds is 6. The zero-order chi connectivity index (χ0) is 12.0. The van der Waals surface area contributed by atoms with Gasteiger partial charge in [0.05, 0.1) is 6.61 Å². The number of nitrogens with zero attached hydrogens (tertiary/aromatic N) is 1. The first-order chi connectivity index (χ1) is 7.74. The average molecular weight is 228 g/mol. The van der Waals surface area contributed by atoms with Gasteiger partial charge in [-0.15, -0.1) is 0 Å². The van der Waals surface area contributed by atoms with Crippen LogP contribution in [-0.2, 0) is 4.74 Å². The fourth-order valence-corrected chi connectivity index (χ4v) is 2.90. The van der Waals surface area contributed by atoms with Gasteiger partial charge in [0.1, 0.15) is 0 Å². The Hall–Kier alpha value is -0.120. The van der Waals surface area contributed by atoms with Crippen LogP contribution in [0.5, 0.6) is 0 Å². The zero-order valence-electron chi connectivity index (χ0n) is 11.1. The summed E-state index contributed by atoms with van der Waals surface area (Å²) in [5.74, 6) is 0.629. The van der Waals surface area contributed by atoms with Crippen molar-refractivity contribution in [1.82, 2.24) is 4.90 Å². The first kappa shape index (κ1) is 13.9. The Bertz CT molecular complexity index is 177. The van der Waals surface area contributed by atoms with Crippen molar-refractivity contribution in [3.8, 4) is 0 Å². The number of hydrogen-bond acceptors (Lipinski definition) is 3. The van der Waals surface area contributed by atoms with Crippen LogP contribution in [-0.4, -0.2) is 43.8 Å². The Morgan fingerprint density at radius 1 is 1.38 bits per heavy atom. The minimum atomic E-state index is 0.491. The topological polar surface area (TPSA) is 38.5 Å². The Labute approximate surface area is 100 Å². The van der Waals surface area contributed by atoms with Crippen LogP contribution in [0.25, 0.3) is 0 Å². The normalized spacial score (nSPS) is 24.0. The van der Waals surface area contributed by atoms with E-state index in [-0.39, 0.29) is 0 Å². The molecule has 1 aliphatic rings. The number of ether oxygens (including phenoxy) is 1. The maximum Gasteiger partial charge on any atom is 0.0509 e. The molecule has 0 amide bonds. The van der Waals surface area contributed by atoms with Gasteiger partial charge in [-0.1, -0.05) is 13.8 Å². The van der Waals surface area contributed by atoms with Crippen molar-refractivity contribution in [3.05, 3.63) is 0 Å². The molecule has 1 fully saturated rings. The van der Waals surface area contributed by atoms with Crippen molar-refractivity contribution in [2.24, 2.45) is 11.7 Å². The predicted molar refractivity (Wildman–Crippen MR) is 68.5 cm³/mol. The second kappa shape index (κ2) is 7.25. The van der Waals surface area contributed by atoms with Crippen LogP contribution in [0.2, 0.25) is 0 Å². The van der Waals surface area contributed by atoms with Crippen molar-refractivity contribution in [2.45, 2.75) is 51.6 Å². The zero-order valence-corrected chi connectivity index (χ0v) is 11.1. The Balaban J connectivity index is 2.56. The molecule has 16 heavy (non-hydrogen) atoms. The Kier molecular flexibility index (Phi) is 6.32. The maximum atomic E-state index is 5.95. The van der Waals surface area contributed by atoms with E-state index < -0.39 is 0 Å². The average Bonchev–Trinajstić information content (AvgIpc) is 2.33. The molecule has 0 spiro atoms. The molecule has 2 N–H and O–H groups in total. The van der Waals surface area contributed by atoms with Gasteiger partial charge in [0, 0.05) is 25.2 Å². The van der Waals surface area contributed by atoms with Crippen molar-refractivity contribution in [1.29, 1.82) is 0 Å². The number of nitrogens with two attached hydrogens (primary N) is 1. The highest BCUT2D eigenvalue weighted by molar-refractivity contribution is 4.83. The molecule has 3 heteroatoms. The van der Waals surface area contributed by atoms with Crippen LogP contribution in [0.4, 0.5) is 0 Å². The van der Waals surface area contributed by atoms with E-state index in [4.69, 9.17) is 10.5 Å². The molecule has 0 radical (unpaired) electrons. The Morgan fingerprint density at radius 2 is 2.06 bits per heavy atom. The van der Waals surface area contributed by atoms with Gasteiger partial charge in [0.25, 0.3) is 0 Å². The minimum Gasteiger partial charge on any atom is -0.381 e. The molecule has 2 atom stereocenters. The largest absolute Gasteiger partial charge is 0.381 e. The van der Waals surface area contributed by atoms with Gasteiger partial charge in [-0.05, 0) is 38.6 Å². The fraction of sp³-hybridized carbons (Fsp3) is 1.00. The van der Waals surface area contributed by atoms with Crippen molar-refractivity contribution in [3.63, 3.8) is 0 Å². The third-order valence-electron chi connectivity index (χ3n) is 4.02. The summed E-state index contributed by atoms with van der Waals surface area (Å²) in [6, 6.07) is 1.15. The van der Waals surface area contributed by atoms with Crippen molar-refractivity contribution < 1.29 is 4.74 Å². The SMILES string of the molecule is CCC(CC)N(C)C(CN)C1CCCOC1. The predicted octanol–water partition coefficient (Wildman–Crippen LogP) is 1.86. The quantitative estimate of drug-likeness (QED) is 0.754. The van der Waals surface area contributed by atoms with E-state index in [1.54, 1.807) is 0 Å². The van der Waals surface area contributed by atoms with Crippen LogP contribution in [0, 0.1) is 5.92 Å². The van der Waals surface area contributed by atoms with Crippen LogP contribution < -0.4 is 5.73 Å². The molecule has 2 unspecified atom stereocenters. The van der Waals surface area contributed by atoms with Gasteiger partial charge in [-0.2, -0.15) is 0 Å². The molecule has 0 bridgehead atoms. The van der Waals surface area contributed by atoms with E-state index in [0.29, 0.717) is 18.0 Å². The number of likely N-dealkylation sites (N-methyl/N-ethyl adjacent to an activating group) is 1. The lowest BCUT2D eigenvalue weighted by Gasteiger charge is -2.39.